The number of hydrogen-bond donors (Lipinski definition) is 1. The van der Waals surface area contributed by atoms with E-state index in [1.807, 2.05) is 0 Å². The molecule has 17 heavy (non-hydrogen) atoms. The molecule has 0 bridgehead atoms. The normalized spacial score (nSPS) is 25.9. The van der Waals surface area contributed by atoms with E-state index in [2.05, 4.69) is 17.1 Å². The van der Waals surface area contributed by atoms with Crippen molar-refractivity contribution in [3.8, 4) is 0 Å². The number of thioether (sulfide) groups is 1. The van der Waals surface area contributed by atoms with E-state index in [1.165, 1.54) is 69.4 Å². The van der Waals surface area contributed by atoms with Crippen LogP contribution in [0.25, 0.3) is 0 Å². The summed E-state index contributed by atoms with van der Waals surface area (Å²) >= 11 is 2.19. The Kier molecular flexibility index (Phi) is 4.34. The zero-order valence-electron chi connectivity index (χ0n) is 11.0. The van der Waals surface area contributed by atoms with Crippen LogP contribution in [-0.4, -0.2) is 24.1 Å². The lowest BCUT2D eigenvalue weighted by Gasteiger charge is -2.17. The first kappa shape index (κ1) is 12.3. The first-order chi connectivity index (χ1) is 8.43. The van der Waals surface area contributed by atoms with Crippen molar-refractivity contribution in [2.75, 3.05) is 18.1 Å². The fourth-order valence-electron chi connectivity index (χ4n) is 3.35. The Labute approximate surface area is 111 Å². The van der Waals surface area contributed by atoms with Gasteiger partial charge in [0, 0.05) is 18.3 Å². The molecule has 1 nitrogen and oxygen atoms in total. The Morgan fingerprint density at radius 3 is 2.18 bits per heavy atom. The van der Waals surface area contributed by atoms with Gasteiger partial charge in [-0.15, -0.1) is 0 Å². The van der Waals surface area contributed by atoms with E-state index in [9.17, 15) is 0 Å². The molecule has 0 amide bonds. The molecule has 3 aliphatic rings. The summed E-state index contributed by atoms with van der Waals surface area (Å²) in [5, 5.41) is 3.85. The van der Waals surface area contributed by atoms with Crippen LogP contribution in [0.3, 0.4) is 0 Å². The molecule has 3 saturated carbocycles. The highest BCUT2D eigenvalue weighted by Crippen LogP contribution is 2.44. The highest BCUT2D eigenvalue weighted by molar-refractivity contribution is 7.99. The van der Waals surface area contributed by atoms with Gasteiger partial charge in [-0.1, -0.05) is 12.8 Å². The predicted octanol–water partition coefficient (Wildman–Crippen LogP) is 3.69. The third-order valence-electron chi connectivity index (χ3n) is 4.71. The standard InChI is InChI=1S/C15H27NS/c1-2-4-12(3-1)11-17-10-9-16-15(13-5-6-13)14-7-8-14/h12-16H,1-11H2. The van der Waals surface area contributed by atoms with Gasteiger partial charge in [0.1, 0.15) is 0 Å². The van der Waals surface area contributed by atoms with Crippen LogP contribution in [0.4, 0.5) is 0 Å². The molecule has 1 N–H and O–H groups in total. The largest absolute Gasteiger partial charge is 0.313 e. The maximum Gasteiger partial charge on any atom is 0.0124 e. The lowest BCUT2D eigenvalue weighted by molar-refractivity contribution is 0.429. The fraction of sp³-hybridized carbons (Fsp3) is 1.00. The third-order valence-corrected chi connectivity index (χ3v) is 5.91. The van der Waals surface area contributed by atoms with Gasteiger partial charge in [-0.05, 0) is 62.0 Å². The van der Waals surface area contributed by atoms with Crippen LogP contribution >= 0.6 is 11.8 Å². The quantitative estimate of drug-likeness (QED) is 0.662. The van der Waals surface area contributed by atoms with Gasteiger partial charge >= 0.3 is 0 Å². The summed E-state index contributed by atoms with van der Waals surface area (Å²) < 4.78 is 0. The highest BCUT2D eigenvalue weighted by atomic mass is 32.2. The van der Waals surface area contributed by atoms with Crippen molar-refractivity contribution < 1.29 is 0 Å². The van der Waals surface area contributed by atoms with Crippen LogP contribution in [0.1, 0.15) is 51.4 Å². The van der Waals surface area contributed by atoms with E-state index in [4.69, 9.17) is 0 Å². The maximum atomic E-state index is 3.85. The maximum absolute atomic E-state index is 3.85. The Morgan fingerprint density at radius 2 is 1.59 bits per heavy atom. The van der Waals surface area contributed by atoms with Crippen molar-refractivity contribution in [1.29, 1.82) is 0 Å². The molecule has 0 aromatic carbocycles. The summed E-state index contributed by atoms with van der Waals surface area (Å²) in [6.07, 6.45) is 12.0. The van der Waals surface area contributed by atoms with Gasteiger partial charge in [0.05, 0.1) is 0 Å². The molecular weight excluding hydrogens is 226 g/mol. The summed E-state index contributed by atoms with van der Waals surface area (Å²) in [5.74, 6) is 5.94. The second-order valence-electron chi connectivity index (χ2n) is 6.38. The van der Waals surface area contributed by atoms with Gasteiger partial charge in [-0.3, -0.25) is 0 Å². The molecule has 0 unspecified atom stereocenters. The van der Waals surface area contributed by atoms with Crippen molar-refractivity contribution in [3.63, 3.8) is 0 Å². The smallest absolute Gasteiger partial charge is 0.0124 e. The molecule has 3 rings (SSSR count). The van der Waals surface area contributed by atoms with Crippen LogP contribution in [0.5, 0.6) is 0 Å². The minimum Gasteiger partial charge on any atom is -0.313 e. The summed E-state index contributed by atoms with van der Waals surface area (Å²) in [6.45, 7) is 1.26. The molecule has 0 saturated heterocycles. The first-order valence-corrected chi connectivity index (χ1v) is 8.90. The summed E-state index contributed by atoms with van der Waals surface area (Å²) in [4.78, 5) is 0. The minimum atomic E-state index is 0.905. The van der Waals surface area contributed by atoms with Crippen molar-refractivity contribution in [2.45, 2.75) is 57.4 Å². The zero-order chi connectivity index (χ0) is 11.5. The Morgan fingerprint density at radius 1 is 0.941 bits per heavy atom. The number of nitrogens with one attached hydrogen (secondary N) is 1. The summed E-state index contributed by atoms with van der Waals surface area (Å²) in [6, 6.07) is 0.905. The third kappa shape index (κ3) is 3.89. The van der Waals surface area contributed by atoms with E-state index < -0.39 is 0 Å². The average Bonchev–Trinajstić information content (AvgIpc) is 3.25. The second-order valence-corrected chi connectivity index (χ2v) is 7.53. The van der Waals surface area contributed by atoms with Gasteiger partial charge in [0.25, 0.3) is 0 Å². The van der Waals surface area contributed by atoms with Crippen LogP contribution in [-0.2, 0) is 0 Å². The number of hydrogen-bond acceptors (Lipinski definition) is 2. The van der Waals surface area contributed by atoms with E-state index in [1.54, 1.807) is 0 Å². The summed E-state index contributed by atoms with van der Waals surface area (Å²) in [7, 11) is 0. The molecule has 0 aromatic rings. The predicted molar refractivity (Wildman–Crippen MR) is 76.5 cm³/mol. The van der Waals surface area contributed by atoms with Gasteiger partial charge in [-0.25, -0.2) is 0 Å². The molecule has 0 aromatic heterocycles. The van der Waals surface area contributed by atoms with Crippen molar-refractivity contribution >= 4 is 11.8 Å². The topological polar surface area (TPSA) is 12.0 Å². The molecule has 0 heterocycles. The molecule has 0 aliphatic heterocycles. The van der Waals surface area contributed by atoms with Crippen LogP contribution in [0.2, 0.25) is 0 Å². The van der Waals surface area contributed by atoms with Crippen LogP contribution in [0, 0.1) is 17.8 Å². The highest BCUT2D eigenvalue weighted by Gasteiger charge is 2.40. The molecule has 3 aliphatic carbocycles. The zero-order valence-corrected chi connectivity index (χ0v) is 11.8. The molecule has 3 fully saturated rings. The Bertz CT molecular complexity index is 217. The van der Waals surface area contributed by atoms with Crippen molar-refractivity contribution in [3.05, 3.63) is 0 Å². The molecular formula is C15H27NS. The van der Waals surface area contributed by atoms with Crippen LogP contribution < -0.4 is 5.32 Å². The van der Waals surface area contributed by atoms with E-state index in [0.29, 0.717) is 0 Å². The Hall–Kier alpha value is 0.310. The first-order valence-electron chi connectivity index (χ1n) is 7.74. The fourth-order valence-corrected chi connectivity index (χ4v) is 4.45. The van der Waals surface area contributed by atoms with Gasteiger partial charge in [-0.2, -0.15) is 11.8 Å². The van der Waals surface area contributed by atoms with E-state index >= 15 is 0 Å². The van der Waals surface area contributed by atoms with E-state index in [-0.39, 0.29) is 0 Å². The Balaban J connectivity index is 1.24. The van der Waals surface area contributed by atoms with Crippen molar-refractivity contribution in [1.82, 2.24) is 5.32 Å². The monoisotopic (exact) mass is 253 g/mol. The molecule has 98 valence electrons. The SMILES string of the molecule is C1CCC(CSCCNC(C2CC2)C2CC2)C1. The van der Waals surface area contributed by atoms with Gasteiger partial charge < -0.3 is 5.32 Å². The molecule has 0 atom stereocenters. The van der Waals surface area contributed by atoms with Crippen LogP contribution in [0.15, 0.2) is 0 Å². The second kappa shape index (κ2) is 5.97. The summed E-state index contributed by atoms with van der Waals surface area (Å²) in [5.41, 5.74) is 0. The van der Waals surface area contributed by atoms with Gasteiger partial charge in [0.2, 0.25) is 0 Å². The van der Waals surface area contributed by atoms with E-state index in [0.717, 1.165) is 23.8 Å². The average molecular weight is 253 g/mol. The molecule has 0 spiro atoms. The lowest BCUT2D eigenvalue weighted by Crippen LogP contribution is -2.34. The molecule has 0 radical (unpaired) electrons. The molecule has 2 heteroatoms. The minimum absolute atomic E-state index is 0.905. The lowest BCUT2D eigenvalue weighted by atomic mass is 10.1. The van der Waals surface area contributed by atoms with Gasteiger partial charge in [0.15, 0.2) is 0 Å². The van der Waals surface area contributed by atoms with Crippen molar-refractivity contribution in [2.24, 2.45) is 17.8 Å². The number of rotatable bonds is 8.